The summed E-state index contributed by atoms with van der Waals surface area (Å²) in [6.07, 6.45) is 3.95. The molecule has 0 saturated heterocycles. The van der Waals surface area contributed by atoms with E-state index in [4.69, 9.17) is 4.74 Å². The number of carbonyl (C=O) groups excluding carboxylic acids is 1. The highest BCUT2D eigenvalue weighted by atomic mass is 32.2. The van der Waals surface area contributed by atoms with Gasteiger partial charge in [-0.3, -0.25) is 4.79 Å². The Morgan fingerprint density at radius 2 is 1.76 bits per heavy atom. The molecular formula is C22H28N2O4S. The van der Waals surface area contributed by atoms with Crippen LogP contribution in [0.3, 0.4) is 0 Å². The highest BCUT2D eigenvalue weighted by Crippen LogP contribution is 2.35. The van der Waals surface area contributed by atoms with Crippen molar-refractivity contribution in [1.82, 2.24) is 10.0 Å². The summed E-state index contributed by atoms with van der Waals surface area (Å²) in [7, 11) is -1.98. The van der Waals surface area contributed by atoms with E-state index in [-0.39, 0.29) is 16.8 Å². The van der Waals surface area contributed by atoms with Crippen LogP contribution in [0.2, 0.25) is 0 Å². The summed E-state index contributed by atoms with van der Waals surface area (Å²) >= 11 is 0. The molecule has 2 aromatic rings. The zero-order valence-corrected chi connectivity index (χ0v) is 17.7. The van der Waals surface area contributed by atoms with Gasteiger partial charge in [0.05, 0.1) is 12.0 Å². The lowest BCUT2D eigenvalue weighted by atomic mass is 10.1. The van der Waals surface area contributed by atoms with Crippen molar-refractivity contribution in [3.05, 3.63) is 59.7 Å². The van der Waals surface area contributed by atoms with E-state index in [1.807, 2.05) is 24.3 Å². The summed E-state index contributed by atoms with van der Waals surface area (Å²) in [6, 6.07) is 13.5. The van der Waals surface area contributed by atoms with Gasteiger partial charge >= 0.3 is 0 Å². The lowest BCUT2D eigenvalue weighted by Crippen LogP contribution is -2.36. The van der Waals surface area contributed by atoms with E-state index in [2.05, 4.69) is 17.0 Å². The topological polar surface area (TPSA) is 84.5 Å². The molecule has 6 nitrogen and oxygen atoms in total. The number of ether oxygens (including phenoxy) is 1. The number of amides is 1. The summed E-state index contributed by atoms with van der Waals surface area (Å²) in [5, 5.41) is 2.84. The first-order valence-electron chi connectivity index (χ1n) is 9.96. The molecule has 0 heterocycles. The third-order valence-corrected chi connectivity index (χ3v) is 6.64. The van der Waals surface area contributed by atoms with Crippen molar-refractivity contribution in [1.29, 1.82) is 0 Å². The number of hydrogen-bond donors (Lipinski definition) is 2. The average Bonchev–Trinajstić information content (AvgIpc) is 3.57. The van der Waals surface area contributed by atoms with Gasteiger partial charge in [-0.1, -0.05) is 25.5 Å². The summed E-state index contributed by atoms with van der Waals surface area (Å²) in [5.41, 5.74) is 1.37. The predicted octanol–water partition coefficient (Wildman–Crippen LogP) is 3.48. The van der Waals surface area contributed by atoms with Crippen LogP contribution >= 0.6 is 0 Å². The van der Waals surface area contributed by atoms with Crippen LogP contribution in [0.5, 0.6) is 5.75 Å². The van der Waals surface area contributed by atoms with Gasteiger partial charge < -0.3 is 10.1 Å². The van der Waals surface area contributed by atoms with E-state index in [0.29, 0.717) is 18.0 Å². The minimum Gasteiger partial charge on any atom is -0.497 e. The first-order chi connectivity index (χ1) is 13.9. The fourth-order valence-corrected chi connectivity index (χ4v) is 4.62. The van der Waals surface area contributed by atoms with Crippen LogP contribution in [-0.4, -0.2) is 27.5 Å². The number of rotatable bonds is 10. The van der Waals surface area contributed by atoms with Gasteiger partial charge in [-0.25, -0.2) is 13.1 Å². The summed E-state index contributed by atoms with van der Waals surface area (Å²) in [5.74, 6) is 0.959. The van der Waals surface area contributed by atoms with Gasteiger partial charge in [0.1, 0.15) is 5.75 Å². The molecule has 1 saturated carbocycles. The number of nitrogens with one attached hydrogen (secondary N) is 2. The molecular weight excluding hydrogens is 388 g/mol. The number of benzene rings is 2. The summed E-state index contributed by atoms with van der Waals surface area (Å²) in [4.78, 5) is 12.5. The zero-order valence-electron chi connectivity index (χ0n) is 16.9. The van der Waals surface area contributed by atoms with Gasteiger partial charge in [-0.2, -0.15) is 0 Å². The smallest absolute Gasteiger partial charge is 0.251 e. The van der Waals surface area contributed by atoms with Gasteiger partial charge in [-0.05, 0) is 67.1 Å². The van der Waals surface area contributed by atoms with Crippen LogP contribution in [0.25, 0.3) is 0 Å². The van der Waals surface area contributed by atoms with Crippen molar-refractivity contribution < 1.29 is 17.9 Å². The van der Waals surface area contributed by atoms with Gasteiger partial charge in [0.25, 0.3) is 5.91 Å². The molecule has 156 valence electrons. The molecule has 0 aromatic heterocycles. The minimum atomic E-state index is -3.58. The second-order valence-corrected chi connectivity index (χ2v) is 9.12. The van der Waals surface area contributed by atoms with Crippen molar-refractivity contribution in [2.45, 2.75) is 50.1 Å². The maximum Gasteiger partial charge on any atom is 0.251 e. The maximum absolute atomic E-state index is 12.7. The fourth-order valence-electron chi connectivity index (χ4n) is 3.28. The molecule has 0 bridgehead atoms. The Labute approximate surface area is 172 Å². The Morgan fingerprint density at radius 1 is 1.10 bits per heavy atom. The monoisotopic (exact) mass is 416 g/mol. The molecule has 2 N–H and O–H groups in total. The zero-order chi connectivity index (χ0) is 20.9. The molecule has 0 aliphatic heterocycles. The summed E-state index contributed by atoms with van der Waals surface area (Å²) in [6.45, 7) is 2.44. The quantitative estimate of drug-likeness (QED) is 0.621. The van der Waals surface area contributed by atoms with Crippen LogP contribution < -0.4 is 14.8 Å². The van der Waals surface area contributed by atoms with Gasteiger partial charge in [-0.15, -0.1) is 0 Å². The Bertz CT molecular complexity index is 920. The third-order valence-electron chi connectivity index (χ3n) is 5.14. The van der Waals surface area contributed by atoms with E-state index < -0.39 is 10.0 Å². The molecule has 1 aliphatic rings. The fraction of sp³-hybridized carbons (Fsp3) is 0.409. The molecule has 1 amide bonds. The predicted molar refractivity (Wildman–Crippen MR) is 112 cm³/mol. The third kappa shape index (κ3) is 5.81. The molecule has 7 heteroatoms. The lowest BCUT2D eigenvalue weighted by Gasteiger charge is -2.17. The van der Waals surface area contributed by atoms with Crippen LogP contribution in [0.15, 0.2) is 53.4 Å². The van der Waals surface area contributed by atoms with Crippen molar-refractivity contribution in [3.63, 3.8) is 0 Å². The van der Waals surface area contributed by atoms with Gasteiger partial charge in [0, 0.05) is 18.2 Å². The Kier molecular flexibility index (Phi) is 6.92. The van der Waals surface area contributed by atoms with Gasteiger partial charge in [0.15, 0.2) is 0 Å². The van der Waals surface area contributed by atoms with E-state index in [1.165, 1.54) is 12.1 Å². The van der Waals surface area contributed by atoms with Crippen molar-refractivity contribution in [2.24, 2.45) is 5.92 Å². The van der Waals surface area contributed by atoms with E-state index in [0.717, 1.165) is 37.0 Å². The number of carbonyl (C=O) groups is 1. The molecule has 1 atom stereocenters. The first-order valence-corrected chi connectivity index (χ1v) is 11.4. The van der Waals surface area contributed by atoms with Gasteiger partial charge in [0.2, 0.25) is 10.0 Å². The van der Waals surface area contributed by atoms with Crippen LogP contribution in [-0.2, 0) is 16.6 Å². The average molecular weight is 417 g/mol. The molecule has 0 spiro atoms. The Morgan fingerprint density at radius 3 is 2.31 bits per heavy atom. The highest BCUT2D eigenvalue weighted by Gasteiger charge is 2.33. The number of methoxy groups -OCH3 is 1. The first kappa shape index (κ1) is 21.3. The highest BCUT2D eigenvalue weighted by molar-refractivity contribution is 7.89. The van der Waals surface area contributed by atoms with E-state index >= 15 is 0 Å². The molecule has 3 rings (SSSR count). The van der Waals surface area contributed by atoms with Crippen LogP contribution in [0.4, 0.5) is 0 Å². The molecule has 2 aromatic carbocycles. The molecule has 29 heavy (non-hydrogen) atoms. The van der Waals surface area contributed by atoms with Crippen LogP contribution in [0.1, 0.15) is 48.5 Å². The minimum absolute atomic E-state index is 0.00234. The number of hydrogen-bond acceptors (Lipinski definition) is 4. The normalized spacial score (nSPS) is 15.0. The molecule has 1 fully saturated rings. The number of sulfonamides is 1. The second kappa shape index (κ2) is 9.41. The Balaban J connectivity index is 1.60. The second-order valence-electron chi connectivity index (χ2n) is 7.41. The van der Waals surface area contributed by atoms with Crippen molar-refractivity contribution in [3.8, 4) is 5.75 Å². The van der Waals surface area contributed by atoms with Crippen molar-refractivity contribution in [2.75, 3.05) is 7.11 Å². The molecule has 0 radical (unpaired) electrons. The van der Waals surface area contributed by atoms with Crippen molar-refractivity contribution >= 4 is 15.9 Å². The summed E-state index contributed by atoms with van der Waals surface area (Å²) < 4.78 is 33.3. The van der Waals surface area contributed by atoms with E-state index in [1.54, 1.807) is 19.2 Å². The van der Waals surface area contributed by atoms with E-state index in [9.17, 15) is 13.2 Å². The standard InChI is InChI=1S/C22H28N2O4S/c1-3-4-21(17-7-8-17)24-29(26,27)20-13-9-18(10-14-20)22(25)23-15-16-5-11-19(28-2)12-6-16/h5-6,9-14,17,21,24H,3-4,7-8,15H2,1-2H3,(H,23,25). The SMILES string of the molecule is CCCC(NS(=O)(=O)c1ccc(C(=O)NCc2ccc(OC)cc2)cc1)C1CC1. The largest absolute Gasteiger partial charge is 0.497 e. The molecule has 1 aliphatic carbocycles. The molecule has 1 unspecified atom stereocenters. The van der Waals surface area contributed by atoms with Crippen LogP contribution in [0, 0.1) is 5.92 Å². The lowest BCUT2D eigenvalue weighted by molar-refractivity contribution is 0.0951. The Hall–Kier alpha value is -2.38. The maximum atomic E-state index is 12.7.